The molecule has 1 fully saturated rings. The van der Waals surface area contributed by atoms with Crippen LogP contribution in [0.4, 0.5) is 5.69 Å². The predicted octanol–water partition coefficient (Wildman–Crippen LogP) is 3.08. The van der Waals surface area contributed by atoms with Crippen LogP contribution in [0.25, 0.3) is 0 Å². The Hall–Kier alpha value is -2.14. The molecule has 21 heavy (non-hydrogen) atoms. The van der Waals surface area contributed by atoms with E-state index in [1.165, 1.54) is 12.1 Å². The minimum Gasteiger partial charge on any atom is -0.294 e. The van der Waals surface area contributed by atoms with Crippen molar-refractivity contribution in [1.29, 1.82) is 0 Å². The number of hydrogen-bond acceptors (Lipinski definition) is 3. The van der Waals surface area contributed by atoms with Crippen LogP contribution in [0.3, 0.4) is 0 Å². The van der Waals surface area contributed by atoms with Crippen molar-refractivity contribution in [2.24, 2.45) is 5.92 Å². The number of carbonyl (C=O) groups is 1. The van der Waals surface area contributed by atoms with Crippen LogP contribution in [0, 0.1) is 5.92 Å². The first kappa shape index (κ1) is 13.8. The first-order chi connectivity index (χ1) is 10.1. The Bertz CT molecular complexity index is 765. The molecular weight excluding hydrogens is 286 g/mol. The largest absolute Gasteiger partial charge is 0.294 e. The van der Waals surface area contributed by atoms with Gasteiger partial charge in [-0.2, -0.15) is 0 Å². The highest BCUT2D eigenvalue weighted by Gasteiger charge is 2.30. The third-order valence-electron chi connectivity index (χ3n) is 3.40. The molecule has 0 bridgehead atoms. The standard InChI is InChI=1S/C16H15NO3S/c18-16(12-9-10-12)13-5-4-8-15(11-13)21(19,20)17-14-6-2-1-3-7-14/h1-8,11-12,17H,9-10H2. The first-order valence-corrected chi connectivity index (χ1v) is 8.27. The normalized spacial score (nSPS) is 14.7. The van der Waals surface area contributed by atoms with E-state index in [4.69, 9.17) is 0 Å². The predicted molar refractivity (Wildman–Crippen MR) is 80.7 cm³/mol. The van der Waals surface area contributed by atoms with Gasteiger partial charge in [0, 0.05) is 17.2 Å². The number of para-hydroxylation sites is 1. The lowest BCUT2D eigenvalue weighted by molar-refractivity contribution is 0.0967. The number of hydrogen-bond donors (Lipinski definition) is 1. The second-order valence-corrected chi connectivity index (χ2v) is 6.82. The molecule has 3 rings (SSSR count). The van der Waals surface area contributed by atoms with Gasteiger partial charge in [0.15, 0.2) is 5.78 Å². The van der Waals surface area contributed by atoms with Crippen molar-refractivity contribution in [2.45, 2.75) is 17.7 Å². The highest BCUT2D eigenvalue weighted by atomic mass is 32.2. The minimum absolute atomic E-state index is 0.0340. The van der Waals surface area contributed by atoms with Crippen molar-refractivity contribution < 1.29 is 13.2 Å². The van der Waals surface area contributed by atoms with Crippen LogP contribution in [-0.2, 0) is 10.0 Å². The van der Waals surface area contributed by atoms with Gasteiger partial charge in [-0.25, -0.2) is 8.42 Å². The molecule has 0 unspecified atom stereocenters. The summed E-state index contributed by atoms with van der Waals surface area (Å²) < 4.78 is 27.2. The summed E-state index contributed by atoms with van der Waals surface area (Å²) in [4.78, 5) is 12.1. The average Bonchev–Trinajstić information content (AvgIpc) is 3.32. The van der Waals surface area contributed by atoms with Crippen molar-refractivity contribution in [3.8, 4) is 0 Å². The summed E-state index contributed by atoms with van der Waals surface area (Å²) in [6.45, 7) is 0. The van der Waals surface area contributed by atoms with Gasteiger partial charge in [-0.15, -0.1) is 0 Å². The summed E-state index contributed by atoms with van der Waals surface area (Å²) in [7, 11) is -3.68. The SMILES string of the molecule is O=C(c1cccc(S(=O)(=O)Nc2ccccc2)c1)C1CC1. The molecule has 0 aliphatic heterocycles. The zero-order valence-corrected chi connectivity index (χ0v) is 12.1. The van der Waals surface area contributed by atoms with Crippen LogP contribution >= 0.6 is 0 Å². The van der Waals surface area contributed by atoms with Crippen LogP contribution in [0.2, 0.25) is 0 Å². The fraction of sp³-hybridized carbons (Fsp3) is 0.188. The van der Waals surface area contributed by atoms with E-state index < -0.39 is 10.0 Å². The number of benzene rings is 2. The summed E-state index contributed by atoms with van der Waals surface area (Å²) in [5.41, 5.74) is 0.963. The zero-order chi connectivity index (χ0) is 14.9. The fourth-order valence-corrected chi connectivity index (χ4v) is 3.22. The van der Waals surface area contributed by atoms with Crippen molar-refractivity contribution in [3.05, 3.63) is 60.2 Å². The van der Waals surface area contributed by atoms with E-state index in [1.54, 1.807) is 36.4 Å². The van der Waals surface area contributed by atoms with Crippen LogP contribution < -0.4 is 4.72 Å². The maximum atomic E-state index is 12.3. The monoisotopic (exact) mass is 301 g/mol. The summed E-state index contributed by atoms with van der Waals surface area (Å²) in [5, 5.41) is 0. The van der Waals surface area contributed by atoms with E-state index in [2.05, 4.69) is 4.72 Å². The second-order valence-electron chi connectivity index (χ2n) is 5.14. The molecule has 0 spiro atoms. The van der Waals surface area contributed by atoms with E-state index in [-0.39, 0.29) is 16.6 Å². The van der Waals surface area contributed by atoms with Crippen molar-refractivity contribution in [3.63, 3.8) is 0 Å². The number of nitrogens with one attached hydrogen (secondary N) is 1. The van der Waals surface area contributed by atoms with Gasteiger partial charge < -0.3 is 0 Å². The summed E-state index contributed by atoms with van der Waals surface area (Å²) in [6, 6.07) is 14.9. The van der Waals surface area contributed by atoms with Gasteiger partial charge in [0.25, 0.3) is 10.0 Å². The summed E-state index contributed by atoms with van der Waals surface area (Å²) in [6.07, 6.45) is 1.80. The van der Waals surface area contributed by atoms with Crippen LogP contribution in [-0.4, -0.2) is 14.2 Å². The molecule has 1 saturated carbocycles. The van der Waals surface area contributed by atoms with Gasteiger partial charge in [-0.1, -0.05) is 30.3 Å². The van der Waals surface area contributed by atoms with Gasteiger partial charge in [-0.05, 0) is 37.1 Å². The number of anilines is 1. The smallest absolute Gasteiger partial charge is 0.261 e. The van der Waals surface area contributed by atoms with Gasteiger partial charge >= 0.3 is 0 Å². The quantitative estimate of drug-likeness (QED) is 0.863. The highest BCUT2D eigenvalue weighted by molar-refractivity contribution is 7.92. The van der Waals surface area contributed by atoms with Crippen molar-refractivity contribution in [2.75, 3.05) is 4.72 Å². The molecule has 2 aromatic rings. The first-order valence-electron chi connectivity index (χ1n) is 6.78. The lowest BCUT2D eigenvalue weighted by Crippen LogP contribution is -2.13. The second kappa shape index (κ2) is 5.33. The van der Waals surface area contributed by atoms with Gasteiger partial charge in [0.1, 0.15) is 0 Å². The number of carbonyl (C=O) groups excluding carboxylic acids is 1. The molecule has 1 aliphatic rings. The average molecular weight is 301 g/mol. The highest BCUT2D eigenvalue weighted by Crippen LogP contribution is 2.33. The van der Waals surface area contributed by atoms with E-state index in [0.29, 0.717) is 11.3 Å². The Balaban J connectivity index is 1.88. The molecule has 0 atom stereocenters. The summed E-state index contributed by atoms with van der Waals surface area (Å²) >= 11 is 0. The van der Waals surface area contributed by atoms with E-state index in [9.17, 15) is 13.2 Å². The Labute approximate surface area is 123 Å². The molecule has 2 aromatic carbocycles. The third-order valence-corrected chi connectivity index (χ3v) is 4.78. The number of rotatable bonds is 5. The maximum absolute atomic E-state index is 12.3. The molecule has 0 aromatic heterocycles. The molecular formula is C16H15NO3S. The van der Waals surface area contributed by atoms with Crippen LogP contribution in [0.5, 0.6) is 0 Å². The molecule has 0 saturated heterocycles. The van der Waals surface area contributed by atoms with Crippen molar-refractivity contribution in [1.82, 2.24) is 0 Å². The molecule has 108 valence electrons. The third kappa shape index (κ3) is 3.13. The van der Waals surface area contributed by atoms with Crippen LogP contribution in [0.15, 0.2) is 59.5 Å². The lowest BCUT2D eigenvalue weighted by atomic mass is 10.1. The minimum atomic E-state index is -3.68. The molecule has 4 nitrogen and oxygen atoms in total. The number of sulfonamides is 1. The topological polar surface area (TPSA) is 63.2 Å². The van der Waals surface area contributed by atoms with E-state index in [0.717, 1.165) is 12.8 Å². The van der Waals surface area contributed by atoms with Gasteiger partial charge in [0.2, 0.25) is 0 Å². The maximum Gasteiger partial charge on any atom is 0.261 e. The Morgan fingerprint density at radius 3 is 2.38 bits per heavy atom. The van der Waals surface area contributed by atoms with Crippen molar-refractivity contribution >= 4 is 21.5 Å². The summed E-state index contributed by atoms with van der Waals surface area (Å²) in [5.74, 6) is 0.108. The Morgan fingerprint density at radius 2 is 1.71 bits per heavy atom. The van der Waals surface area contributed by atoms with E-state index in [1.807, 2.05) is 6.07 Å². The number of ketones is 1. The molecule has 1 N–H and O–H groups in total. The van der Waals surface area contributed by atoms with Gasteiger partial charge in [0.05, 0.1) is 4.90 Å². The molecule has 1 aliphatic carbocycles. The molecule has 0 amide bonds. The Morgan fingerprint density at radius 1 is 1.00 bits per heavy atom. The molecule has 0 heterocycles. The Kier molecular flexibility index (Phi) is 3.51. The zero-order valence-electron chi connectivity index (χ0n) is 11.3. The molecule has 0 radical (unpaired) electrons. The van der Waals surface area contributed by atoms with Gasteiger partial charge in [-0.3, -0.25) is 9.52 Å². The number of Topliss-reactive ketones (excluding diaryl/α,β-unsaturated/α-hetero) is 1. The fourth-order valence-electron chi connectivity index (χ4n) is 2.12. The molecule has 5 heteroatoms. The lowest BCUT2D eigenvalue weighted by Gasteiger charge is -2.09. The van der Waals surface area contributed by atoms with Crippen LogP contribution in [0.1, 0.15) is 23.2 Å². The van der Waals surface area contributed by atoms with E-state index >= 15 is 0 Å².